The summed E-state index contributed by atoms with van der Waals surface area (Å²) < 4.78 is 37.1. The maximum absolute atomic E-state index is 12.4. The fourth-order valence-corrected chi connectivity index (χ4v) is 1.43. The summed E-state index contributed by atoms with van der Waals surface area (Å²) in [5, 5.41) is 8.52. The molecule has 0 bridgehead atoms. The van der Waals surface area contributed by atoms with Crippen LogP contribution in [0.15, 0.2) is 0 Å². The van der Waals surface area contributed by atoms with E-state index in [9.17, 15) is 18.0 Å². The van der Waals surface area contributed by atoms with Gasteiger partial charge < -0.3 is 10.0 Å². The second-order valence-electron chi connectivity index (χ2n) is 4.01. The second kappa shape index (κ2) is 6.08. The minimum atomic E-state index is -4.69. The Morgan fingerprint density at radius 3 is 2.25 bits per heavy atom. The molecule has 0 aliphatic rings. The summed E-state index contributed by atoms with van der Waals surface area (Å²) in [6, 6.07) is -0.0470. The molecular weight excluding hydrogens is 223 g/mol. The lowest BCUT2D eigenvalue weighted by molar-refractivity contribution is -0.196. The summed E-state index contributed by atoms with van der Waals surface area (Å²) in [6.45, 7) is 3.22. The second-order valence-corrected chi connectivity index (χ2v) is 4.01. The Hall–Kier alpha value is -0.780. The van der Waals surface area contributed by atoms with E-state index in [1.165, 1.54) is 11.9 Å². The maximum atomic E-state index is 12.4. The molecule has 0 saturated heterocycles. The molecule has 0 aromatic rings. The first-order chi connectivity index (χ1) is 7.20. The van der Waals surface area contributed by atoms with Crippen molar-refractivity contribution in [3.63, 3.8) is 0 Å². The van der Waals surface area contributed by atoms with Gasteiger partial charge in [0.1, 0.15) is 0 Å². The number of halogens is 3. The van der Waals surface area contributed by atoms with E-state index < -0.39 is 24.6 Å². The zero-order valence-corrected chi connectivity index (χ0v) is 9.71. The third-order valence-corrected chi connectivity index (χ3v) is 2.62. The third-order valence-electron chi connectivity index (χ3n) is 2.62. The van der Waals surface area contributed by atoms with E-state index in [-0.39, 0.29) is 6.04 Å². The van der Waals surface area contributed by atoms with Gasteiger partial charge in [-0.05, 0) is 20.4 Å². The standard InChI is InChI=1S/C10H18F3NO2/c1-4-5-7(2)14(3)6-8(9(15)16)10(11,12)13/h7-8H,4-6H2,1-3H3,(H,15,16). The van der Waals surface area contributed by atoms with E-state index in [4.69, 9.17) is 5.11 Å². The molecule has 0 amide bonds. The number of nitrogens with zero attached hydrogens (tertiary/aromatic N) is 1. The Balaban J connectivity index is 4.47. The van der Waals surface area contributed by atoms with Crippen LogP contribution in [0.4, 0.5) is 13.2 Å². The smallest absolute Gasteiger partial charge is 0.403 e. The van der Waals surface area contributed by atoms with E-state index in [0.717, 1.165) is 12.8 Å². The van der Waals surface area contributed by atoms with E-state index in [0.29, 0.717) is 0 Å². The van der Waals surface area contributed by atoms with Gasteiger partial charge in [0.15, 0.2) is 5.92 Å². The van der Waals surface area contributed by atoms with Crippen LogP contribution in [0, 0.1) is 5.92 Å². The normalized spacial score (nSPS) is 16.2. The van der Waals surface area contributed by atoms with E-state index in [1.807, 2.05) is 6.92 Å². The Labute approximate surface area is 93.2 Å². The third kappa shape index (κ3) is 4.83. The van der Waals surface area contributed by atoms with Gasteiger partial charge in [-0.25, -0.2) is 0 Å². The number of hydrogen-bond donors (Lipinski definition) is 1. The fraction of sp³-hybridized carbons (Fsp3) is 0.900. The first kappa shape index (κ1) is 15.2. The van der Waals surface area contributed by atoms with Crippen molar-refractivity contribution in [2.75, 3.05) is 13.6 Å². The van der Waals surface area contributed by atoms with Crippen molar-refractivity contribution in [1.82, 2.24) is 4.90 Å². The molecule has 0 rings (SSSR count). The number of carbonyl (C=O) groups is 1. The zero-order chi connectivity index (χ0) is 12.9. The first-order valence-corrected chi connectivity index (χ1v) is 5.19. The van der Waals surface area contributed by atoms with Crippen LogP contribution >= 0.6 is 0 Å². The highest BCUT2D eigenvalue weighted by Crippen LogP contribution is 2.27. The number of aliphatic carboxylic acids is 1. The highest BCUT2D eigenvalue weighted by atomic mass is 19.4. The predicted octanol–water partition coefficient (Wildman–Crippen LogP) is 2.37. The van der Waals surface area contributed by atoms with Crippen molar-refractivity contribution < 1.29 is 23.1 Å². The molecule has 0 spiro atoms. The van der Waals surface area contributed by atoms with E-state index >= 15 is 0 Å². The molecule has 2 atom stereocenters. The highest BCUT2D eigenvalue weighted by molar-refractivity contribution is 5.71. The van der Waals surface area contributed by atoms with Crippen molar-refractivity contribution in [2.45, 2.75) is 38.9 Å². The fourth-order valence-electron chi connectivity index (χ4n) is 1.43. The van der Waals surface area contributed by atoms with E-state index in [1.54, 1.807) is 6.92 Å². The van der Waals surface area contributed by atoms with Gasteiger partial charge in [0.05, 0.1) is 0 Å². The summed E-state index contributed by atoms with van der Waals surface area (Å²) in [7, 11) is 1.52. The molecular formula is C10H18F3NO2. The highest BCUT2D eigenvalue weighted by Gasteiger charge is 2.45. The number of carboxylic acid groups (broad SMARTS) is 1. The van der Waals surface area contributed by atoms with Crippen LogP contribution in [0.5, 0.6) is 0 Å². The van der Waals surface area contributed by atoms with Gasteiger partial charge in [0, 0.05) is 12.6 Å². The van der Waals surface area contributed by atoms with Crippen LogP contribution in [0.3, 0.4) is 0 Å². The zero-order valence-electron chi connectivity index (χ0n) is 9.71. The van der Waals surface area contributed by atoms with Gasteiger partial charge in [-0.15, -0.1) is 0 Å². The summed E-state index contributed by atoms with van der Waals surface area (Å²) >= 11 is 0. The lowest BCUT2D eigenvalue weighted by Gasteiger charge is -2.28. The van der Waals surface area contributed by atoms with Crippen LogP contribution in [0.2, 0.25) is 0 Å². The lowest BCUT2D eigenvalue weighted by Crippen LogP contribution is -2.42. The van der Waals surface area contributed by atoms with Gasteiger partial charge >= 0.3 is 12.1 Å². The largest absolute Gasteiger partial charge is 0.481 e. The van der Waals surface area contributed by atoms with E-state index in [2.05, 4.69) is 0 Å². The number of hydrogen-bond acceptors (Lipinski definition) is 2. The van der Waals surface area contributed by atoms with Crippen molar-refractivity contribution in [2.24, 2.45) is 5.92 Å². The monoisotopic (exact) mass is 241 g/mol. The Morgan fingerprint density at radius 2 is 1.94 bits per heavy atom. The summed E-state index contributed by atoms with van der Waals surface area (Å²) in [6.07, 6.45) is -3.08. The van der Waals surface area contributed by atoms with Crippen molar-refractivity contribution in [3.05, 3.63) is 0 Å². The molecule has 96 valence electrons. The Bertz CT molecular complexity index is 231. The van der Waals surface area contributed by atoms with Crippen LogP contribution in [0.1, 0.15) is 26.7 Å². The molecule has 0 aromatic heterocycles. The maximum Gasteiger partial charge on any atom is 0.403 e. The molecule has 0 heterocycles. The minimum absolute atomic E-state index is 0.0470. The summed E-state index contributed by atoms with van der Waals surface area (Å²) in [5.74, 6) is -4.13. The first-order valence-electron chi connectivity index (χ1n) is 5.19. The molecule has 0 aliphatic carbocycles. The molecule has 0 aromatic carbocycles. The SMILES string of the molecule is CCCC(C)N(C)CC(C(=O)O)C(F)(F)F. The molecule has 6 heteroatoms. The molecule has 0 fully saturated rings. The van der Waals surface area contributed by atoms with Crippen LogP contribution < -0.4 is 0 Å². The average molecular weight is 241 g/mol. The minimum Gasteiger partial charge on any atom is -0.481 e. The topological polar surface area (TPSA) is 40.5 Å². The van der Waals surface area contributed by atoms with Crippen LogP contribution in [0.25, 0.3) is 0 Å². The van der Waals surface area contributed by atoms with Crippen LogP contribution in [-0.2, 0) is 4.79 Å². The molecule has 0 radical (unpaired) electrons. The van der Waals surface area contributed by atoms with Gasteiger partial charge in [-0.2, -0.15) is 13.2 Å². The average Bonchev–Trinajstić information content (AvgIpc) is 2.11. The lowest BCUT2D eigenvalue weighted by atomic mass is 10.1. The van der Waals surface area contributed by atoms with Crippen molar-refractivity contribution >= 4 is 5.97 Å². The molecule has 3 nitrogen and oxygen atoms in total. The number of alkyl halides is 3. The molecule has 0 saturated carbocycles. The van der Waals surface area contributed by atoms with Gasteiger partial charge in [-0.1, -0.05) is 13.3 Å². The Kier molecular flexibility index (Phi) is 5.78. The predicted molar refractivity (Wildman–Crippen MR) is 54.2 cm³/mol. The molecule has 0 aliphatic heterocycles. The molecule has 2 unspecified atom stereocenters. The van der Waals surface area contributed by atoms with Crippen LogP contribution in [-0.4, -0.2) is 41.8 Å². The Morgan fingerprint density at radius 1 is 1.44 bits per heavy atom. The van der Waals surface area contributed by atoms with Gasteiger partial charge in [-0.3, -0.25) is 4.79 Å². The number of rotatable bonds is 6. The quantitative estimate of drug-likeness (QED) is 0.776. The van der Waals surface area contributed by atoms with Crippen molar-refractivity contribution in [3.8, 4) is 0 Å². The van der Waals surface area contributed by atoms with Gasteiger partial charge in [0.2, 0.25) is 0 Å². The van der Waals surface area contributed by atoms with Gasteiger partial charge in [0.25, 0.3) is 0 Å². The summed E-state index contributed by atoms with van der Waals surface area (Å²) in [4.78, 5) is 12.0. The number of carboxylic acids is 1. The summed E-state index contributed by atoms with van der Waals surface area (Å²) in [5.41, 5.74) is 0. The van der Waals surface area contributed by atoms with Crippen molar-refractivity contribution in [1.29, 1.82) is 0 Å². The molecule has 16 heavy (non-hydrogen) atoms. The molecule has 1 N–H and O–H groups in total.